The molecule has 2 unspecified atom stereocenters. The zero-order valence-corrected chi connectivity index (χ0v) is 21.3. The normalized spacial score (nSPS) is 15.3. The molecule has 0 aliphatic heterocycles. The van der Waals surface area contributed by atoms with Crippen molar-refractivity contribution in [3.05, 3.63) is 46.0 Å². The summed E-state index contributed by atoms with van der Waals surface area (Å²) in [5.74, 6) is -0.443. The third-order valence-electron chi connectivity index (χ3n) is 6.66. The molecule has 184 valence electrons. The van der Waals surface area contributed by atoms with Crippen LogP contribution in [0.25, 0.3) is 0 Å². The average Bonchev–Trinajstić information content (AvgIpc) is 2.70. The van der Waals surface area contributed by atoms with Gasteiger partial charge in [0.15, 0.2) is 0 Å². The van der Waals surface area contributed by atoms with Crippen molar-refractivity contribution < 1.29 is 36.2 Å². The fourth-order valence-electron chi connectivity index (χ4n) is 4.04. The van der Waals surface area contributed by atoms with E-state index in [1.54, 1.807) is 13.8 Å². The summed E-state index contributed by atoms with van der Waals surface area (Å²) in [7, 11) is -9.35. The van der Waals surface area contributed by atoms with Crippen molar-refractivity contribution in [2.24, 2.45) is 0 Å². The number of hydrogen-bond donors (Lipinski definition) is 4. The fraction of sp³-hybridized carbons (Fsp3) is 0.478. The van der Waals surface area contributed by atoms with Crippen molar-refractivity contribution in [3.63, 3.8) is 0 Å². The molecule has 0 fully saturated rings. The molecule has 8 nitrogen and oxygen atoms in total. The minimum Gasteiger partial charge on any atom is -0.508 e. The Labute approximate surface area is 195 Å². The molecule has 0 spiro atoms. The third-order valence-corrected chi connectivity index (χ3v) is 8.47. The maximum absolute atomic E-state index is 12.3. The van der Waals surface area contributed by atoms with Crippen LogP contribution in [0.3, 0.4) is 0 Å². The summed E-state index contributed by atoms with van der Waals surface area (Å²) in [4.78, 5) is -0.758. The SMILES string of the molecule is CCC(C)c1cc(S(=O)(=O)O)c(CC(C)(CC)c2cc(O)c(C)cc2S(=O)(=O)O)c(C)c1O. The molecule has 2 rings (SSSR count). The number of aromatic hydroxyl groups is 2. The lowest BCUT2D eigenvalue weighted by Crippen LogP contribution is -2.28. The summed E-state index contributed by atoms with van der Waals surface area (Å²) in [6.45, 7) is 10.2. The molecule has 0 radical (unpaired) electrons. The Morgan fingerprint density at radius 2 is 1.48 bits per heavy atom. The summed E-state index contributed by atoms with van der Waals surface area (Å²) in [6, 6.07) is 3.67. The third kappa shape index (κ3) is 5.34. The van der Waals surface area contributed by atoms with Crippen molar-refractivity contribution in [2.75, 3.05) is 0 Å². The average molecular weight is 501 g/mol. The molecule has 0 aliphatic rings. The predicted octanol–water partition coefficient (Wildman–Crippen LogP) is 4.63. The molecule has 0 amide bonds. The van der Waals surface area contributed by atoms with Crippen LogP contribution in [0.15, 0.2) is 28.0 Å². The Hall–Kier alpha value is -2.14. The summed E-state index contributed by atoms with van der Waals surface area (Å²) in [6.07, 6.45) is 0.824. The van der Waals surface area contributed by atoms with Gasteiger partial charge < -0.3 is 10.2 Å². The standard InChI is InChI=1S/C23H32O8S2/c1-7-13(3)16-10-20(32(26,27)28)17(15(5)22(16)25)12-23(6,8-2)18-11-19(24)14(4)9-21(18)33(29,30)31/h9-11,13,24-25H,7-8,12H2,1-6H3,(H,26,27,28)(H,29,30,31). The van der Waals surface area contributed by atoms with Crippen LogP contribution in [0.2, 0.25) is 0 Å². The Bertz CT molecular complexity index is 1280. The Morgan fingerprint density at radius 3 is 1.94 bits per heavy atom. The highest BCUT2D eigenvalue weighted by atomic mass is 32.2. The Kier molecular flexibility index (Phi) is 7.60. The maximum Gasteiger partial charge on any atom is 0.294 e. The lowest BCUT2D eigenvalue weighted by Gasteiger charge is -2.32. The van der Waals surface area contributed by atoms with Crippen LogP contribution in [0.5, 0.6) is 11.5 Å². The van der Waals surface area contributed by atoms with Crippen molar-refractivity contribution in [1.29, 1.82) is 0 Å². The maximum atomic E-state index is 12.3. The highest BCUT2D eigenvalue weighted by molar-refractivity contribution is 7.86. The smallest absolute Gasteiger partial charge is 0.294 e. The fourth-order valence-corrected chi connectivity index (χ4v) is 5.76. The van der Waals surface area contributed by atoms with Gasteiger partial charge in [0.25, 0.3) is 20.2 Å². The molecule has 2 aromatic rings. The first-order valence-corrected chi connectivity index (χ1v) is 13.5. The van der Waals surface area contributed by atoms with Gasteiger partial charge in [0, 0.05) is 0 Å². The van der Waals surface area contributed by atoms with Gasteiger partial charge in [-0.15, -0.1) is 0 Å². The number of hydrogen-bond acceptors (Lipinski definition) is 6. The van der Waals surface area contributed by atoms with Gasteiger partial charge >= 0.3 is 0 Å². The molecule has 2 aromatic carbocycles. The van der Waals surface area contributed by atoms with E-state index in [0.29, 0.717) is 12.0 Å². The van der Waals surface area contributed by atoms with Gasteiger partial charge in [0.1, 0.15) is 11.5 Å². The number of aryl methyl sites for hydroxylation is 1. The van der Waals surface area contributed by atoms with E-state index in [0.717, 1.165) is 6.07 Å². The van der Waals surface area contributed by atoms with Crippen molar-refractivity contribution in [1.82, 2.24) is 0 Å². The summed E-state index contributed by atoms with van der Waals surface area (Å²) in [5.41, 5.74) is 0.0240. The summed E-state index contributed by atoms with van der Waals surface area (Å²) in [5, 5.41) is 21.1. The number of rotatable bonds is 8. The van der Waals surface area contributed by atoms with Crippen LogP contribution in [0.1, 0.15) is 74.3 Å². The van der Waals surface area contributed by atoms with Crippen molar-refractivity contribution in [2.45, 2.75) is 81.9 Å². The van der Waals surface area contributed by atoms with E-state index >= 15 is 0 Å². The molecule has 4 N–H and O–H groups in total. The molecular formula is C23H32O8S2. The number of phenols is 2. The summed E-state index contributed by atoms with van der Waals surface area (Å²) >= 11 is 0. The van der Waals surface area contributed by atoms with E-state index in [2.05, 4.69) is 0 Å². The van der Waals surface area contributed by atoms with Crippen LogP contribution in [0.4, 0.5) is 0 Å². The second kappa shape index (κ2) is 9.25. The Morgan fingerprint density at radius 1 is 0.939 bits per heavy atom. The molecule has 0 aromatic heterocycles. The second-order valence-corrected chi connectivity index (χ2v) is 11.7. The van der Waals surface area contributed by atoms with Gasteiger partial charge in [-0.05, 0) is 90.5 Å². The largest absolute Gasteiger partial charge is 0.508 e. The first-order chi connectivity index (χ1) is 15.0. The van der Waals surface area contributed by atoms with Crippen molar-refractivity contribution in [3.8, 4) is 11.5 Å². The molecule has 10 heteroatoms. The van der Waals surface area contributed by atoms with Gasteiger partial charge in [-0.25, -0.2) is 0 Å². The van der Waals surface area contributed by atoms with Crippen LogP contribution >= 0.6 is 0 Å². The van der Waals surface area contributed by atoms with Gasteiger partial charge in [-0.1, -0.05) is 27.7 Å². The number of benzene rings is 2. The van der Waals surface area contributed by atoms with E-state index in [-0.39, 0.29) is 57.4 Å². The highest BCUT2D eigenvalue weighted by Crippen LogP contribution is 2.43. The van der Waals surface area contributed by atoms with Gasteiger partial charge in [-0.2, -0.15) is 16.8 Å². The minimum absolute atomic E-state index is 0.0908. The molecule has 2 atom stereocenters. The Balaban J connectivity index is 2.88. The highest BCUT2D eigenvalue weighted by Gasteiger charge is 2.35. The van der Waals surface area contributed by atoms with E-state index in [9.17, 15) is 36.2 Å². The zero-order valence-electron chi connectivity index (χ0n) is 19.7. The van der Waals surface area contributed by atoms with Crippen LogP contribution in [0, 0.1) is 13.8 Å². The van der Waals surface area contributed by atoms with Crippen LogP contribution < -0.4 is 0 Å². The van der Waals surface area contributed by atoms with E-state index < -0.39 is 30.5 Å². The first-order valence-electron chi connectivity index (χ1n) is 10.6. The molecule has 0 saturated heterocycles. The van der Waals surface area contributed by atoms with Crippen LogP contribution in [-0.4, -0.2) is 36.2 Å². The quantitative estimate of drug-likeness (QED) is 0.383. The number of phenolic OH excluding ortho intramolecular Hbond substituents is 2. The van der Waals surface area contributed by atoms with Crippen LogP contribution in [-0.2, 0) is 32.1 Å². The van der Waals surface area contributed by atoms with E-state index in [1.807, 2.05) is 13.8 Å². The van der Waals surface area contributed by atoms with Gasteiger partial charge in [0.2, 0.25) is 0 Å². The molecular weight excluding hydrogens is 468 g/mol. The molecule has 0 heterocycles. The first kappa shape index (κ1) is 27.1. The molecule has 33 heavy (non-hydrogen) atoms. The molecule has 0 saturated carbocycles. The van der Waals surface area contributed by atoms with Gasteiger partial charge in [-0.3, -0.25) is 9.11 Å². The van der Waals surface area contributed by atoms with Gasteiger partial charge in [0.05, 0.1) is 9.79 Å². The monoisotopic (exact) mass is 500 g/mol. The van der Waals surface area contributed by atoms with E-state index in [1.165, 1.54) is 26.0 Å². The summed E-state index contributed by atoms with van der Waals surface area (Å²) < 4.78 is 68.7. The predicted molar refractivity (Wildman–Crippen MR) is 125 cm³/mol. The lowest BCUT2D eigenvalue weighted by atomic mass is 9.74. The topological polar surface area (TPSA) is 149 Å². The molecule has 0 bridgehead atoms. The minimum atomic E-state index is -4.68. The van der Waals surface area contributed by atoms with E-state index in [4.69, 9.17) is 0 Å². The lowest BCUT2D eigenvalue weighted by molar-refractivity contribution is 0.414. The molecule has 0 aliphatic carbocycles. The second-order valence-electron chi connectivity index (χ2n) is 8.90. The zero-order chi connectivity index (χ0) is 25.5. The van der Waals surface area contributed by atoms with Crippen molar-refractivity contribution >= 4 is 20.2 Å².